The van der Waals surface area contributed by atoms with Crippen LogP contribution in [-0.4, -0.2) is 12.1 Å². The van der Waals surface area contributed by atoms with Crippen LogP contribution >= 0.6 is 11.8 Å². The second-order valence-corrected chi connectivity index (χ2v) is 5.21. The Morgan fingerprint density at radius 3 is 2.74 bits per heavy atom. The number of benzene rings is 2. The maximum atomic E-state index is 5.36. The maximum absolute atomic E-state index is 5.36. The second-order valence-electron chi connectivity index (χ2n) is 4.23. The highest BCUT2D eigenvalue weighted by Gasteiger charge is 2.11. The molecular weight excluding hydrogens is 256 g/mol. The number of ether oxygens (including phenoxy) is 1. The molecule has 2 N–H and O–H groups in total. The summed E-state index contributed by atoms with van der Waals surface area (Å²) in [6.07, 6.45) is 0. The minimum absolute atomic E-state index is 0.868. The normalized spacial score (nSPS) is 10.8. The zero-order valence-corrected chi connectivity index (χ0v) is 11.5. The van der Waals surface area contributed by atoms with Gasteiger partial charge in [-0.1, -0.05) is 30.3 Å². The average Bonchev–Trinajstić information content (AvgIpc) is 2.88. The van der Waals surface area contributed by atoms with Crippen LogP contribution < -0.4 is 9.72 Å². The van der Waals surface area contributed by atoms with Gasteiger partial charge in [-0.15, -0.1) is 0 Å². The molecule has 3 nitrogen and oxygen atoms in total. The van der Waals surface area contributed by atoms with Crippen molar-refractivity contribution in [1.82, 2.24) is 4.98 Å². The van der Waals surface area contributed by atoms with Crippen molar-refractivity contribution in [2.45, 2.75) is 10.9 Å². The number of rotatable bonds is 4. The van der Waals surface area contributed by atoms with Crippen molar-refractivity contribution in [3.63, 3.8) is 0 Å². The summed E-state index contributed by atoms with van der Waals surface area (Å²) < 4.78 is 5.36. The van der Waals surface area contributed by atoms with Crippen molar-refractivity contribution < 1.29 is 9.72 Å². The van der Waals surface area contributed by atoms with E-state index in [4.69, 9.17) is 4.74 Å². The third-order valence-corrected chi connectivity index (χ3v) is 3.94. The standard InChI is InChI=1S/C15H14N2OS/c1-18-14-9-5-2-6-11(14)10-19-15-16-12-7-3-4-8-13(12)17-15/h2-9H,10H2,1H3,(H,16,17)/p+1. The molecule has 4 heteroatoms. The van der Waals surface area contributed by atoms with Crippen molar-refractivity contribution in [1.29, 1.82) is 0 Å². The van der Waals surface area contributed by atoms with Gasteiger partial charge >= 0.3 is 5.16 Å². The van der Waals surface area contributed by atoms with E-state index in [0.717, 1.165) is 27.7 Å². The Morgan fingerprint density at radius 2 is 1.89 bits per heavy atom. The van der Waals surface area contributed by atoms with E-state index in [1.165, 1.54) is 5.56 Å². The van der Waals surface area contributed by atoms with E-state index in [9.17, 15) is 0 Å². The number of H-pyrrole nitrogens is 2. The molecule has 0 bridgehead atoms. The summed E-state index contributed by atoms with van der Waals surface area (Å²) in [6.45, 7) is 0. The topological polar surface area (TPSA) is 39.2 Å². The molecule has 1 aromatic heterocycles. The summed E-state index contributed by atoms with van der Waals surface area (Å²) in [6, 6.07) is 16.3. The summed E-state index contributed by atoms with van der Waals surface area (Å²) >= 11 is 1.74. The zero-order valence-electron chi connectivity index (χ0n) is 10.6. The molecule has 0 unspecified atom stereocenters. The number of fused-ring (bicyclic) bond motifs is 1. The Hall–Kier alpha value is -1.94. The van der Waals surface area contributed by atoms with E-state index in [2.05, 4.69) is 28.2 Å². The highest BCUT2D eigenvalue weighted by Crippen LogP contribution is 2.25. The van der Waals surface area contributed by atoms with Gasteiger partial charge in [-0.3, -0.25) is 0 Å². The van der Waals surface area contributed by atoms with E-state index < -0.39 is 0 Å². The number of aromatic amines is 2. The fraction of sp³-hybridized carbons (Fsp3) is 0.133. The van der Waals surface area contributed by atoms with Gasteiger partial charge < -0.3 is 4.74 Å². The number of hydrogen-bond donors (Lipinski definition) is 1. The van der Waals surface area contributed by atoms with Crippen LogP contribution in [0.1, 0.15) is 5.56 Å². The fourth-order valence-corrected chi connectivity index (χ4v) is 2.92. The molecule has 3 aromatic rings. The van der Waals surface area contributed by atoms with Gasteiger partial charge in [-0.25, -0.2) is 9.97 Å². The van der Waals surface area contributed by atoms with E-state index in [1.807, 2.05) is 30.3 Å². The molecule has 0 aliphatic rings. The summed E-state index contributed by atoms with van der Waals surface area (Å²) in [5.74, 6) is 1.80. The van der Waals surface area contributed by atoms with E-state index in [-0.39, 0.29) is 0 Å². The molecule has 0 amide bonds. The molecule has 0 aliphatic heterocycles. The van der Waals surface area contributed by atoms with Crippen LogP contribution in [0.2, 0.25) is 0 Å². The molecule has 19 heavy (non-hydrogen) atoms. The minimum Gasteiger partial charge on any atom is -0.496 e. The Balaban J connectivity index is 1.78. The molecule has 0 atom stereocenters. The molecule has 0 fully saturated rings. The SMILES string of the molecule is COc1ccccc1CSc1[nH]c2ccccc2[nH+]1. The number of nitrogens with one attached hydrogen (secondary N) is 2. The molecular formula is C15H15N2OS+. The number of hydrogen-bond acceptors (Lipinski definition) is 2. The van der Waals surface area contributed by atoms with E-state index in [1.54, 1.807) is 18.9 Å². The van der Waals surface area contributed by atoms with Crippen LogP contribution in [0.15, 0.2) is 53.7 Å². The Labute approximate surface area is 116 Å². The molecule has 96 valence electrons. The summed E-state index contributed by atoms with van der Waals surface area (Å²) in [5, 5.41) is 1.06. The number of para-hydroxylation sites is 3. The first-order valence-electron chi connectivity index (χ1n) is 6.11. The molecule has 0 radical (unpaired) electrons. The molecule has 0 spiro atoms. The first-order chi connectivity index (χ1) is 9.36. The van der Waals surface area contributed by atoms with Gasteiger partial charge in [-0.05, 0) is 30.0 Å². The van der Waals surface area contributed by atoms with E-state index in [0.29, 0.717) is 0 Å². The van der Waals surface area contributed by atoms with Crippen molar-refractivity contribution in [3.8, 4) is 5.75 Å². The second kappa shape index (κ2) is 5.36. The van der Waals surface area contributed by atoms with Crippen molar-refractivity contribution in [2.75, 3.05) is 7.11 Å². The highest BCUT2D eigenvalue weighted by molar-refractivity contribution is 7.98. The minimum atomic E-state index is 0.868. The highest BCUT2D eigenvalue weighted by atomic mass is 32.2. The monoisotopic (exact) mass is 271 g/mol. The maximum Gasteiger partial charge on any atom is 0.314 e. The third kappa shape index (κ3) is 2.58. The van der Waals surface area contributed by atoms with Gasteiger partial charge in [0.25, 0.3) is 0 Å². The molecule has 0 saturated heterocycles. The summed E-state index contributed by atoms with van der Waals surface area (Å²) in [4.78, 5) is 6.74. The lowest BCUT2D eigenvalue weighted by molar-refractivity contribution is -0.396. The Bertz CT molecular complexity index is 660. The van der Waals surface area contributed by atoms with Crippen LogP contribution in [0.4, 0.5) is 0 Å². The van der Waals surface area contributed by atoms with Crippen molar-refractivity contribution in [3.05, 3.63) is 54.1 Å². The number of aromatic nitrogens is 2. The van der Waals surface area contributed by atoms with Crippen LogP contribution in [0.25, 0.3) is 11.0 Å². The van der Waals surface area contributed by atoms with Crippen molar-refractivity contribution >= 4 is 22.8 Å². The van der Waals surface area contributed by atoms with Gasteiger partial charge in [0.05, 0.1) is 7.11 Å². The first kappa shape index (κ1) is 12.1. The Morgan fingerprint density at radius 1 is 1.11 bits per heavy atom. The van der Waals surface area contributed by atoms with Gasteiger partial charge in [0.2, 0.25) is 0 Å². The lowest BCUT2D eigenvalue weighted by Gasteiger charge is -2.05. The molecule has 0 aliphatic carbocycles. The predicted octanol–water partition coefficient (Wildman–Crippen LogP) is 3.28. The first-order valence-corrected chi connectivity index (χ1v) is 7.10. The lowest BCUT2D eigenvalue weighted by atomic mass is 10.2. The fourth-order valence-electron chi connectivity index (χ4n) is 2.02. The van der Waals surface area contributed by atoms with Gasteiger partial charge in [0, 0.05) is 11.3 Å². The van der Waals surface area contributed by atoms with Gasteiger partial charge in [-0.2, -0.15) is 0 Å². The van der Waals surface area contributed by atoms with Crippen LogP contribution in [-0.2, 0) is 5.75 Å². The summed E-state index contributed by atoms with van der Waals surface area (Å²) in [5.41, 5.74) is 3.46. The van der Waals surface area contributed by atoms with Gasteiger partial charge in [0.15, 0.2) is 11.0 Å². The molecule has 2 aromatic carbocycles. The van der Waals surface area contributed by atoms with Crippen LogP contribution in [0.5, 0.6) is 5.75 Å². The average molecular weight is 271 g/mol. The number of methoxy groups -OCH3 is 1. The lowest BCUT2D eigenvalue weighted by Crippen LogP contribution is -2.01. The molecule has 3 rings (SSSR count). The zero-order chi connectivity index (χ0) is 13.1. The van der Waals surface area contributed by atoms with Crippen LogP contribution in [0, 0.1) is 0 Å². The number of imidazole rings is 1. The third-order valence-electron chi connectivity index (χ3n) is 2.99. The predicted molar refractivity (Wildman–Crippen MR) is 77.4 cm³/mol. The Kier molecular flexibility index (Phi) is 3.42. The quantitative estimate of drug-likeness (QED) is 0.740. The van der Waals surface area contributed by atoms with E-state index >= 15 is 0 Å². The largest absolute Gasteiger partial charge is 0.496 e. The summed E-state index contributed by atoms with van der Waals surface area (Å²) in [7, 11) is 1.71. The number of thioether (sulfide) groups is 1. The smallest absolute Gasteiger partial charge is 0.314 e. The molecule has 0 saturated carbocycles. The van der Waals surface area contributed by atoms with Crippen LogP contribution in [0.3, 0.4) is 0 Å². The molecule has 1 heterocycles. The van der Waals surface area contributed by atoms with Crippen molar-refractivity contribution in [2.24, 2.45) is 0 Å². The van der Waals surface area contributed by atoms with Gasteiger partial charge in [0.1, 0.15) is 5.75 Å².